The molecule has 0 heterocycles. The molecule has 3 nitrogen and oxygen atoms in total. The second kappa shape index (κ2) is 12.3. The van der Waals surface area contributed by atoms with Gasteiger partial charge in [0.1, 0.15) is 0 Å². The van der Waals surface area contributed by atoms with Crippen LogP contribution in [0.5, 0.6) is 0 Å². The quantitative estimate of drug-likeness (QED) is 0.296. The van der Waals surface area contributed by atoms with Gasteiger partial charge >= 0.3 is 0 Å². The first kappa shape index (κ1) is 19.6. The zero-order valence-corrected chi connectivity index (χ0v) is 14.5. The summed E-state index contributed by atoms with van der Waals surface area (Å²) in [5.41, 5.74) is -0.481. The van der Waals surface area contributed by atoms with Crippen molar-refractivity contribution in [3.8, 4) is 0 Å². The number of hydrogen-bond donors (Lipinski definition) is 0. The van der Waals surface area contributed by atoms with Gasteiger partial charge in [-0.1, -0.05) is 65.2 Å². The van der Waals surface area contributed by atoms with Crippen molar-refractivity contribution >= 4 is 0 Å². The molecule has 20 heavy (non-hydrogen) atoms. The van der Waals surface area contributed by atoms with Crippen LogP contribution in [-0.2, 0) is 4.74 Å². The molecule has 0 fully saturated rings. The number of hydrogen-bond acceptors (Lipinski definition) is 3. The molecule has 0 aromatic rings. The Bertz CT molecular complexity index is 227. The largest absolute Gasteiger partial charge is 0.356 e. The number of azo groups is 1. The standard InChI is InChI=1S/C17H36N2O/c1-6-8-10-12-14-16(15-13-11-9-7-2)18-19-17(3,4)20-5/h16H,6-15H2,1-5H3/b19-18+. The predicted octanol–water partition coefficient (Wildman–Crippen LogP) is 6.13. The lowest BCUT2D eigenvalue weighted by Gasteiger charge is -2.18. The minimum atomic E-state index is -0.481. The average molecular weight is 284 g/mol. The molecule has 0 amide bonds. The lowest BCUT2D eigenvalue weighted by atomic mass is 10.0. The van der Waals surface area contributed by atoms with Gasteiger partial charge in [-0.05, 0) is 26.7 Å². The highest BCUT2D eigenvalue weighted by atomic mass is 16.5. The molecule has 0 atom stereocenters. The Morgan fingerprint density at radius 3 is 1.75 bits per heavy atom. The Kier molecular flexibility index (Phi) is 12.0. The third kappa shape index (κ3) is 11.4. The van der Waals surface area contributed by atoms with Crippen molar-refractivity contribution < 1.29 is 4.74 Å². The maximum absolute atomic E-state index is 5.31. The summed E-state index contributed by atoms with van der Waals surface area (Å²) >= 11 is 0. The fourth-order valence-corrected chi connectivity index (χ4v) is 2.13. The molecule has 0 aromatic carbocycles. The van der Waals surface area contributed by atoms with Gasteiger partial charge in [0, 0.05) is 7.11 Å². The first-order chi connectivity index (χ1) is 9.55. The van der Waals surface area contributed by atoms with E-state index in [4.69, 9.17) is 4.74 Å². The number of methoxy groups -OCH3 is 1. The van der Waals surface area contributed by atoms with Crippen molar-refractivity contribution in [2.75, 3.05) is 7.11 Å². The van der Waals surface area contributed by atoms with Gasteiger partial charge in [-0.15, -0.1) is 0 Å². The van der Waals surface area contributed by atoms with E-state index in [9.17, 15) is 0 Å². The summed E-state index contributed by atoms with van der Waals surface area (Å²) < 4.78 is 5.31. The smallest absolute Gasteiger partial charge is 0.172 e. The summed E-state index contributed by atoms with van der Waals surface area (Å²) in [6, 6.07) is 0.387. The normalized spacial score (nSPS) is 12.7. The molecular formula is C17H36N2O. The van der Waals surface area contributed by atoms with Crippen molar-refractivity contribution in [3.63, 3.8) is 0 Å². The number of unbranched alkanes of at least 4 members (excludes halogenated alkanes) is 6. The third-order valence-corrected chi connectivity index (χ3v) is 3.74. The molecule has 0 rings (SSSR count). The van der Waals surface area contributed by atoms with Gasteiger partial charge in [-0.2, -0.15) is 10.2 Å². The second-order valence-corrected chi connectivity index (χ2v) is 6.22. The van der Waals surface area contributed by atoms with E-state index in [0.717, 1.165) is 0 Å². The monoisotopic (exact) mass is 284 g/mol. The number of ether oxygens (including phenoxy) is 1. The van der Waals surface area contributed by atoms with E-state index in [1.165, 1.54) is 64.2 Å². The molecule has 0 aliphatic rings. The number of nitrogens with zero attached hydrogens (tertiary/aromatic N) is 2. The van der Waals surface area contributed by atoms with E-state index in [1.54, 1.807) is 7.11 Å². The summed E-state index contributed by atoms with van der Waals surface area (Å²) in [6.45, 7) is 8.43. The molecule has 0 saturated heterocycles. The highest BCUT2D eigenvalue weighted by molar-refractivity contribution is 4.68. The fraction of sp³-hybridized carbons (Fsp3) is 1.00. The van der Waals surface area contributed by atoms with Gasteiger partial charge in [0.15, 0.2) is 5.72 Å². The molecule has 0 aliphatic carbocycles. The van der Waals surface area contributed by atoms with Crippen molar-refractivity contribution in [1.29, 1.82) is 0 Å². The van der Waals surface area contributed by atoms with Gasteiger partial charge in [0.2, 0.25) is 0 Å². The van der Waals surface area contributed by atoms with E-state index >= 15 is 0 Å². The van der Waals surface area contributed by atoms with Crippen LogP contribution >= 0.6 is 0 Å². The van der Waals surface area contributed by atoms with Crippen molar-refractivity contribution in [2.45, 2.75) is 104 Å². The van der Waals surface area contributed by atoms with E-state index in [0.29, 0.717) is 6.04 Å². The summed E-state index contributed by atoms with van der Waals surface area (Å²) in [4.78, 5) is 0. The fourth-order valence-electron chi connectivity index (χ4n) is 2.13. The van der Waals surface area contributed by atoms with Crippen LogP contribution < -0.4 is 0 Å². The minimum absolute atomic E-state index is 0.387. The van der Waals surface area contributed by atoms with Crippen molar-refractivity contribution in [3.05, 3.63) is 0 Å². The van der Waals surface area contributed by atoms with Gasteiger partial charge in [-0.3, -0.25) is 0 Å². The maximum atomic E-state index is 5.31. The zero-order chi connectivity index (χ0) is 15.3. The van der Waals surface area contributed by atoms with E-state index in [-0.39, 0.29) is 0 Å². The highest BCUT2D eigenvalue weighted by Gasteiger charge is 2.15. The van der Waals surface area contributed by atoms with E-state index in [2.05, 4.69) is 24.1 Å². The molecule has 3 heteroatoms. The number of rotatable bonds is 13. The van der Waals surface area contributed by atoms with Crippen LogP contribution in [0, 0.1) is 0 Å². The Morgan fingerprint density at radius 2 is 1.35 bits per heavy atom. The minimum Gasteiger partial charge on any atom is -0.356 e. The van der Waals surface area contributed by atoms with Crippen LogP contribution in [0.4, 0.5) is 0 Å². The first-order valence-electron chi connectivity index (χ1n) is 8.52. The molecule has 0 spiro atoms. The molecule has 0 aromatic heterocycles. The summed E-state index contributed by atoms with van der Waals surface area (Å²) in [5, 5.41) is 8.94. The van der Waals surface area contributed by atoms with Gasteiger partial charge in [-0.25, -0.2) is 0 Å². The summed E-state index contributed by atoms with van der Waals surface area (Å²) in [7, 11) is 1.69. The molecule has 0 N–H and O–H groups in total. The van der Waals surface area contributed by atoms with Gasteiger partial charge in [0.05, 0.1) is 6.04 Å². The van der Waals surface area contributed by atoms with E-state index in [1.807, 2.05) is 13.8 Å². The van der Waals surface area contributed by atoms with Crippen LogP contribution in [0.15, 0.2) is 10.2 Å². The molecular weight excluding hydrogens is 248 g/mol. The molecule has 0 aliphatic heterocycles. The molecule has 0 unspecified atom stereocenters. The van der Waals surface area contributed by atoms with Crippen LogP contribution in [0.3, 0.4) is 0 Å². The first-order valence-corrected chi connectivity index (χ1v) is 8.52. The van der Waals surface area contributed by atoms with Crippen molar-refractivity contribution in [1.82, 2.24) is 0 Å². The lowest BCUT2D eigenvalue weighted by Crippen LogP contribution is -2.19. The summed E-state index contributed by atoms with van der Waals surface area (Å²) in [6.07, 6.45) is 12.8. The third-order valence-electron chi connectivity index (χ3n) is 3.74. The SMILES string of the molecule is CCCCCCC(CCCCCC)/N=N/C(C)(C)OC. The van der Waals surface area contributed by atoms with Crippen LogP contribution in [-0.4, -0.2) is 18.9 Å². The second-order valence-electron chi connectivity index (χ2n) is 6.22. The Balaban J connectivity index is 4.16. The van der Waals surface area contributed by atoms with Crippen LogP contribution in [0.1, 0.15) is 91.9 Å². The Hall–Kier alpha value is -0.440. The van der Waals surface area contributed by atoms with E-state index < -0.39 is 5.72 Å². The lowest BCUT2D eigenvalue weighted by molar-refractivity contribution is 0.0227. The van der Waals surface area contributed by atoms with Crippen LogP contribution in [0.25, 0.3) is 0 Å². The molecule has 0 saturated carbocycles. The Labute approximate surface area is 126 Å². The molecule has 0 radical (unpaired) electrons. The van der Waals surface area contributed by atoms with Gasteiger partial charge in [0.25, 0.3) is 0 Å². The Morgan fingerprint density at radius 1 is 0.850 bits per heavy atom. The van der Waals surface area contributed by atoms with Crippen molar-refractivity contribution in [2.24, 2.45) is 10.2 Å². The maximum Gasteiger partial charge on any atom is 0.172 e. The predicted molar refractivity (Wildman–Crippen MR) is 87.3 cm³/mol. The molecule has 120 valence electrons. The summed E-state index contributed by atoms with van der Waals surface area (Å²) in [5.74, 6) is 0. The van der Waals surface area contributed by atoms with Gasteiger partial charge < -0.3 is 4.74 Å². The highest BCUT2D eigenvalue weighted by Crippen LogP contribution is 2.18. The average Bonchev–Trinajstić information content (AvgIpc) is 2.44. The zero-order valence-electron chi connectivity index (χ0n) is 14.5. The topological polar surface area (TPSA) is 34.0 Å². The van der Waals surface area contributed by atoms with Crippen LogP contribution in [0.2, 0.25) is 0 Å². The molecule has 0 bridgehead atoms.